The molecule has 5 heteroatoms. The average molecular weight is 324 g/mol. The Morgan fingerprint density at radius 2 is 2.14 bits per heavy atom. The number of nitrogens with zero attached hydrogens (tertiary/aromatic N) is 2. The zero-order valence-electron chi connectivity index (χ0n) is 13.4. The van der Waals surface area contributed by atoms with Crippen molar-refractivity contribution in [2.45, 2.75) is 31.6 Å². The van der Waals surface area contributed by atoms with Crippen LogP contribution in [-0.4, -0.2) is 42.8 Å². The van der Waals surface area contributed by atoms with Crippen molar-refractivity contribution in [2.75, 3.05) is 38.3 Å². The van der Waals surface area contributed by atoms with Gasteiger partial charge in [0.25, 0.3) is 0 Å². The molecule has 0 bridgehead atoms. The van der Waals surface area contributed by atoms with Crippen LogP contribution < -0.4 is 5.32 Å². The molecule has 0 atom stereocenters. The Hall–Kier alpha value is -0.780. The number of anilines is 1. The van der Waals surface area contributed by atoms with Gasteiger partial charge < -0.3 is 10.2 Å². The fraction of sp³-hybridized carbons (Fsp3) is 0.562. The SMILES string of the molecule is CCCCSc1cc2sc(C)nc2cc1NCCN(C)C. The summed E-state index contributed by atoms with van der Waals surface area (Å²) >= 11 is 3.74. The summed E-state index contributed by atoms with van der Waals surface area (Å²) < 4.78 is 1.30. The summed E-state index contributed by atoms with van der Waals surface area (Å²) in [5.74, 6) is 1.18. The van der Waals surface area contributed by atoms with Crippen LogP contribution in [0.1, 0.15) is 24.8 Å². The van der Waals surface area contributed by atoms with Crippen molar-refractivity contribution in [3.8, 4) is 0 Å². The summed E-state index contributed by atoms with van der Waals surface area (Å²) in [7, 11) is 4.21. The molecule has 1 aromatic carbocycles. The van der Waals surface area contributed by atoms with Crippen molar-refractivity contribution in [1.29, 1.82) is 0 Å². The Morgan fingerprint density at radius 1 is 1.33 bits per heavy atom. The van der Waals surface area contributed by atoms with Gasteiger partial charge in [0.2, 0.25) is 0 Å². The van der Waals surface area contributed by atoms with Gasteiger partial charge in [-0.3, -0.25) is 0 Å². The zero-order chi connectivity index (χ0) is 15.2. The first kappa shape index (κ1) is 16.6. The van der Waals surface area contributed by atoms with Gasteiger partial charge in [-0.15, -0.1) is 23.1 Å². The highest BCUT2D eigenvalue weighted by Crippen LogP contribution is 2.34. The van der Waals surface area contributed by atoms with Gasteiger partial charge >= 0.3 is 0 Å². The fourth-order valence-electron chi connectivity index (χ4n) is 2.07. The van der Waals surface area contributed by atoms with Gasteiger partial charge in [0.1, 0.15) is 0 Å². The quantitative estimate of drug-likeness (QED) is 0.573. The maximum Gasteiger partial charge on any atom is 0.0907 e. The molecule has 1 heterocycles. The molecule has 1 aromatic heterocycles. The first-order valence-corrected chi connectivity index (χ1v) is 9.33. The number of benzene rings is 1. The predicted octanol–water partition coefficient (Wildman–Crippen LogP) is 4.47. The first-order valence-electron chi connectivity index (χ1n) is 7.52. The monoisotopic (exact) mass is 323 g/mol. The second kappa shape index (κ2) is 8.01. The predicted molar refractivity (Wildman–Crippen MR) is 97.0 cm³/mol. The largest absolute Gasteiger partial charge is 0.383 e. The molecular weight excluding hydrogens is 298 g/mol. The average Bonchev–Trinajstić information content (AvgIpc) is 2.77. The van der Waals surface area contributed by atoms with Crippen molar-refractivity contribution < 1.29 is 0 Å². The maximum atomic E-state index is 4.61. The lowest BCUT2D eigenvalue weighted by Gasteiger charge is -2.14. The normalized spacial score (nSPS) is 11.5. The van der Waals surface area contributed by atoms with E-state index in [4.69, 9.17) is 0 Å². The lowest BCUT2D eigenvalue weighted by Crippen LogP contribution is -2.20. The van der Waals surface area contributed by atoms with Crippen LogP contribution in [0.3, 0.4) is 0 Å². The lowest BCUT2D eigenvalue weighted by molar-refractivity contribution is 0.425. The van der Waals surface area contributed by atoms with Crippen LogP contribution in [0.4, 0.5) is 5.69 Å². The highest BCUT2D eigenvalue weighted by molar-refractivity contribution is 7.99. The van der Waals surface area contributed by atoms with Gasteiger partial charge in [0.05, 0.1) is 20.9 Å². The Bertz CT molecular complexity index is 578. The molecule has 0 aliphatic rings. The second-order valence-electron chi connectivity index (χ2n) is 5.48. The molecule has 0 saturated heterocycles. The number of likely N-dealkylation sites (N-methyl/N-ethyl adjacent to an activating group) is 1. The van der Waals surface area contributed by atoms with Gasteiger partial charge in [0, 0.05) is 18.0 Å². The van der Waals surface area contributed by atoms with Gasteiger partial charge in [-0.25, -0.2) is 4.98 Å². The van der Waals surface area contributed by atoms with Crippen LogP contribution in [0.5, 0.6) is 0 Å². The van der Waals surface area contributed by atoms with Gasteiger partial charge in [0.15, 0.2) is 0 Å². The molecule has 0 aliphatic carbocycles. The minimum Gasteiger partial charge on any atom is -0.383 e. The summed E-state index contributed by atoms with van der Waals surface area (Å²) in [6.45, 7) is 6.32. The van der Waals surface area contributed by atoms with E-state index in [-0.39, 0.29) is 0 Å². The van der Waals surface area contributed by atoms with Crippen LogP contribution in [-0.2, 0) is 0 Å². The maximum absolute atomic E-state index is 4.61. The van der Waals surface area contributed by atoms with E-state index in [2.05, 4.69) is 55.3 Å². The van der Waals surface area contributed by atoms with E-state index in [0.717, 1.165) is 23.6 Å². The van der Waals surface area contributed by atoms with Crippen LogP contribution >= 0.6 is 23.1 Å². The Balaban J connectivity index is 2.18. The number of thioether (sulfide) groups is 1. The number of nitrogens with one attached hydrogen (secondary N) is 1. The lowest BCUT2D eigenvalue weighted by atomic mass is 10.3. The first-order chi connectivity index (χ1) is 10.1. The summed E-state index contributed by atoms with van der Waals surface area (Å²) in [5.41, 5.74) is 2.35. The molecule has 0 saturated carbocycles. The molecule has 0 unspecified atom stereocenters. The van der Waals surface area contributed by atoms with E-state index in [1.807, 2.05) is 11.8 Å². The van der Waals surface area contributed by atoms with Gasteiger partial charge in [-0.2, -0.15) is 0 Å². The summed E-state index contributed by atoms with van der Waals surface area (Å²) in [6, 6.07) is 4.51. The van der Waals surface area contributed by atoms with Crippen molar-refractivity contribution in [1.82, 2.24) is 9.88 Å². The third kappa shape index (κ3) is 4.87. The minimum absolute atomic E-state index is 0.961. The zero-order valence-corrected chi connectivity index (χ0v) is 15.0. The molecule has 0 spiro atoms. The molecule has 3 nitrogen and oxygen atoms in total. The van der Waals surface area contributed by atoms with Crippen LogP contribution in [0.15, 0.2) is 17.0 Å². The van der Waals surface area contributed by atoms with E-state index >= 15 is 0 Å². The number of aromatic nitrogens is 1. The minimum atomic E-state index is 0.961. The molecule has 2 rings (SSSR count). The molecule has 0 amide bonds. The number of fused-ring (bicyclic) bond motifs is 1. The van der Waals surface area contributed by atoms with Crippen molar-refractivity contribution in [2.24, 2.45) is 0 Å². The van der Waals surface area contributed by atoms with Crippen molar-refractivity contribution in [3.63, 3.8) is 0 Å². The van der Waals surface area contributed by atoms with Gasteiger partial charge in [-0.1, -0.05) is 13.3 Å². The highest BCUT2D eigenvalue weighted by Gasteiger charge is 2.09. The number of aryl methyl sites for hydroxylation is 1. The van der Waals surface area contributed by atoms with Crippen molar-refractivity contribution >= 4 is 39.0 Å². The highest BCUT2D eigenvalue weighted by atomic mass is 32.2. The Labute approximate surface area is 136 Å². The molecule has 0 fully saturated rings. The Kier molecular flexibility index (Phi) is 6.33. The van der Waals surface area contributed by atoms with Crippen LogP contribution in [0.2, 0.25) is 0 Å². The molecule has 1 N–H and O–H groups in total. The third-order valence-corrected chi connectivity index (χ3v) is 5.30. The van der Waals surface area contributed by atoms with Crippen molar-refractivity contribution in [3.05, 3.63) is 17.1 Å². The number of unbranched alkanes of at least 4 members (excludes halogenated alkanes) is 1. The number of thiazole rings is 1. The summed E-state index contributed by atoms with van der Waals surface area (Å²) in [6.07, 6.45) is 2.51. The van der Waals surface area contributed by atoms with E-state index < -0.39 is 0 Å². The third-order valence-electron chi connectivity index (χ3n) is 3.23. The Morgan fingerprint density at radius 3 is 2.86 bits per heavy atom. The molecule has 0 radical (unpaired) electrons. The number of hydrogen-bond donors (Lipinski definition) is 1. The van der Waals surface area contributed by atoms with Crippen LogP contribution in [0.25, 0.3) is 10.2 Å². The number of rotatable bonds is 8. The van der Waals surface area contributed by atoms with E-state index in [9.17, 15) is 0 Å². The van der Waals surface area contributed by atoms with Gasteiger partial charge in [-0.05, 0) is 45.3 Å². The topological polar surface area (TPSA) is 28.2 Å². The van der Waals surface area contributed by atoms with E-state index in [1.165, 1.54) is 33.9 Å². The smallest absolute Gasteiger partial charge is 0.0907 e. The molecular formula is C16H25N3S2. The summed E-state index contributed by atoms with van der Waals surface area (Å²) in [5, 5.41) is 4.71. The summed E-state index contributed by atoms with van der Waals surface area (Å²) in [4.78, 5) is 8.17. The van der Waals surface area contributed by atoms with Crippen LogP contribution in [0, 0.1) is 6.92 Å². The van der Waals surface area contributed by atoms with E-state index in [0.29, 0.717) is 0 Å². The second-order valence-corrected chi connectivity index (χ2v) is 7.85. The fourth-order valence-corrected chi connectivity index (χ4v) is 4.13. The number of hydrogen-bond acceptors (Lipinski definition) is 5. The molecule has 0 aliphatic heterocycles. The molecule has 2 aromatic rings. The van der Waals surface area contributed by atoms with E-state index in [1.54, 1.807) is 11.3 Å². The standard InChI is InChI=1S/C16H25N3S2/c1-5-6-9-20-15-11-16-14(18-12(2)21-16)10-13(15)17-7-8-19(3)4/h10-11,17H,5-9H2,1-4H3. The molecule has 21 heavy (non-hydrogen) atoms. The molecule has 116 valence electrons.